The number of piperazine rings is 1. The largest absolute Gasteiger partial charge is 0.474 e. The molecule has 4 rings (SSSR count). The third kappa shape index (κ3) is 6.02. The summed E-state index contributed by atoms with van der Waals surface area (Å²) in [5.41, 5.74) is 2.04. The monoisotopic (exact) mass is 540 g/mol. The second-order valence-corrected chi connectivity index (χ2v) is 12.1. The number of carbonyl (C=O) groups is 1. The van der Waals surface area contributed by atoms with E-state index in [1.54, 1.807) is 17.2 Å². The zero-order valence-electron chi connectivity index (χ0n) is 20.0. The Balaban J connectivity index is 1.52. The zero-order valence-corrected chi connectivity index (χ0v) is 22.4. The number of hydrogen-bond donors (Lipinski definition) is 0. The van der Waals surface area contributed by atoms with Gasteiger partial charge in [-0.25, -0.2) is 18.2 Å². The summed E-state index contributed by atoms with van der Waals surface area (Å²) in [4.78, 5) is 21.3. The minimum Gasteiger partial charge on any atom is -0.474 e. The molecule has 2 aliphatic heterocycles. The average molecular weight is 542 g/mol. The lowest BCUT2D eigenvalue weighted by Gasteiger charge is -2.35. The SMILES string of the molecule is Cc1ccc(O[C@@H](C)[C@@H]2CN(C(=O)N3CCN(S(C)(=O)=O)CC3)C[C@H]2c2ccc(Cl)c(Cl)c2)nc1. The predicted octanol–water partition coefficient (Wildman–Crippen LogP) is 3.88. The van der Waals surface area contributed by atoms with Crippen molar-refractivity contribution in [3.8, 4) is 5.88 Å². The van der Waals surface area contributed by atoms with Gasteiger partial charge in [0, 0.05) is 63.4 Å². The highest BCUT2D eigenvalue weighted by molar-refractivity contribution is 7.88. The normalized spacial score (nSPS) is 22.3. The third-order valence-corrected chi connectivity index (χ3v) is 8.82. The summed E-state index contributed by atoms with van der Waals surface area (Å²) >= 11 is 12.5. The topological polar surface area (TPSA) is 83.0 Å². The predicted molar refractivity (Wildman–Crippen MR) is 137 cm³/mol. The molecule has 0 saturated carbocycles. The Morgan fingerprint density at radius 2 is 1.77 bits per heavy atom. The van der Waals surface area contributed by atoms with Crippen LogP contribution in [0, 0.1) is 12.8 Å². The molecule has 1 aromatic heterocycles. The number of urea groups is 1. The molecule has 0 unspecified atom stereocenters. The summed E-state index contributed by atoms with van der Waals surface area (Å²) in [6.07, 6.45) is 2.74. The summed E-state index contributed by atoms with van der Waals surface area (Å²) in [7, 11) is -3.26. The van der Waals surface area contributed by atoms with Crippen molar-refractivity contribution in [3.05, 3.63) is 57.7 Å². The van der Waals surface area contributed by atoms with Gasteiger partial charge in [-0.15, -0.1) is 0 Å². The van der Waals surface area contributed by atoms with Crippen LogP contribution in [-0.4, -0.2) is 85.2 Å². The van der Waals surface area contributed by atoms with Crippen molar-refractivity contribution in [2.45, 2.75) is 25.9 Å². The number of halogens is 2. The molecule has 2 saturated heterocycles. The second-order valence-electron chi connectivity index (χ2n) is 9.28. The number of pyridine rings is 1. The van der Waals surface area contributed by atoms with Crippen molar-refractivity contribution in [2.75, 3.05) is 45.5 Å². The quantitative estimate of drug-likeness (QED) is 0.574. The number of aryl methyl sites for hydroxylation is 1. The van der Waals surface area contributed by atoms with Crippen LogP contribution in [0.4, 0.5) is 4.79 Å². The summed E-state index contributed by atoms with van der Waals surface area (Å²) < 4.78 is 31.3. The first-order valence-corrected chi connectivity index (χ1v) is 14.2. The van der Waals surface area contributed by atoms with Crippen LogP contribution in [0.1, 0.15) is 24.0 Å². The number of sulfonamides is 1. The maximum absolute atomic E-state index is 13.4. The first-order chi connectivity index (χ1) is 16.5. The number of aromatic nitrogens is 1. The molecular formula is C24H30Cl2N4O4S. The van der Waals surface area contributed by atoms with Crippen molar-refractivity contribution in [3.63, 3.8) is 0 Å². The van der Waals surface area contributed by atoms with Gasteiger partial charge in [-0.1, -0.05) is 35.3 Å². The van der Waals surface area contributed by atoms with Crippen LogP contribution < -0.4 is 4.74 Å². The highest BCUT2D eigenvalue weighted by atomic mass is 35.5. The van der Waals surface area contributed by atoms with E-state index >= 15 is 0 Å². The van der Waals surface area contributed by atoms with Gasteiger partial charge < -0.3 is 14.5 Å². The fourth-order valence-corrected chi connectivity index (χ4v) is 5.90. The Labute approximate surface area is 216 Å². The van der Waals surface area contributed by atoms with Crippen molar-refractivity contribution in [1.29, 1.82) is 0 Å². The minimum atomic E-state index is -3.26. The van der Waals surface area contributed by atoms with Crippen molar-refractivity contribution in [2.24, 2.45) is 5.92 Å². The van der Waals surface area contributed by atoms with Crippen LogP contribution in [0.3, 0.4) is 0 Å². The molecule has 2 aliphatic rings. The van der Waals surface area contributed by atoms with Crippen LogP contribution in [0.25, 0.3) is 0 Å². The first-order valence-electron chi connectivity index (χ1n) is 11.6. The molecule has 3 atom stereocenters. The molecule has 2 aromatic rings. The summed E-state index contributed by atoms with van der Waals surface area (Å²) in [6.45, 7) is 6.30. The van der Waals surface area contributed by atoms with Crippen molar-refractivity contribution >= 4 is 39.3 Å². The standard InChI is InChI=1S/C24H30Cl2N4O4S/c1-16-4-7-23(27-13-16)34-17(2)19-14-29(15-20(19)18-5-6-21(25)22(26)12-18)24(31)28-8-10-30(11-9-28)35(3,32)33/h4-7,12-13,17,19-20H,8-11,14-15H2,1-3H3/t17-,19-,20-/m0/s1. The van der Waals surface area contributed by atoms with E-state index in [2.05, 4.69) is 4.98 Å². The molecule has 35 heavy (non-hydrogen) atoms. The number of benzene rings is 1. The lowest BCUT2D eigenvalue weighted by Crippen LogP contribution is -2.53. The van der Waals surface area contributed by atoms with E-state index in [1.165, 1.54) is 10.6 Å². The van der Waals surface area contributed by atoms with Gasteiger partial charge >= 0.3 is 6.03 Å². The van der Waals surface area contributed by atoms with Gasteiger partial charge in [0.25, 0.3) is 0 Å². The summed E-state index contributed by atoms with van der Waals surface area (Å²) in [5.74, 6) is 0.528. The summed E-state index contributed by atoms with van der Waals surface area (Å²) in [6, 6.07) is 9.29. The van der Waals surface area contributed by atoms with Gasteiger partial charge in [0.1, 0.15) is 6.10 Å². The highest BCUT2D eigenvalue weighted by Crippen LogP contribution is 2.38. The van der Waals surface area contributed by atoms with E-state index in [-0.39, 0.29) is 24.0 Å². The molecule has 3 heterocycles. The van der Waals surface area contributed by atoms with Crippen LogP contribution in [0.5, 0.6) is 5.88 Å². The molecule has 0 radical (unpaired) electrons. The Morgan fingerprint density at radius 3 is 2.37 bits per heavy atom. The van der Waals surface area contributed by atoms with Crippen LogP contribution in [0.2, 0.25) is 10.0 Å². The number of carbonyl (C=O) groups excluding carboxylic acids is 1. The Kier molecular flexibility index (Phi) is 7.80. The maximum Gasteiger partial charge on any atom is 0.320 e. The van der Waals surface area contributed by atoms with E-state index < -0.39 is 10.0 Å². The molecular weight excluding hydrogens is 511 g/mol. The minimum absolute atomic E-state index is 0.00314. The Morgan fingerprint density at radius 1 is 1.06 bits per heavy atom. The van der Waals surface area contributed by atoms with Crippen molar-refractivity contribution < 1.29 is 17.9 Å². The molecule has 2 fully saturated rings. The van der Waals surface area contributed by atoms with E-state index in [1.807, 2.05) is 43.0 Å². The fraction of sp³-hybridized carbons (Fsp3) is 0.500. The lowest BCUT2D eigenvalue weighted by molar-refractivity contribution is 0.126. The molecule has 0 bridgehead atoms. The van der Waals surface area contributed by atoms with Gasteiger partial charge in [0.2, 0.25) is 15.9 Å². The van der Waals surface area contributed by atoms with E-state index in [4.69, 9.17) is 27.9 Å². The molecule has 1 aromatic carbocycles. The molecule has 0 spiro atoms. The van der Waals surface area contributed by atoms with Crippen LogP contribution in [0.15, 0.2) is 36.5 Å². The van der Waals surface area contributed by atoms with Crippen molar-refractivity contribution in [1.82, 2.24) is 19.1 Å². The van der Waals surface area contributed by atoms with Crippen LogP contribution in [-0.2, 0) is 10.0 Å². The highest BCUT2D eigenvalue weighted by Gasteiger charge is 2.42. The fourth-order valence-electron chi connectivity index (χ4n) is 4.77. The van der Waals surface area contributed by atoms with Crippen LogP contribution >= 0.6 is 23.2 Å². The third-order valence-electron chi connectivity index (χ3n) is 6.78. The van der Waals surface area contributed by atoms with Gasteiger partial charge in [0.15, 0.2) is 0 Å². The first kappa shape index (κ1) is 26.0. The molecule has 0 aliphatic carbocycles. The Bertz CT molecular complexity index is 1170. The molecule has 2 amide bonds. The summed E-state index contributed by atoms with van der Waals surface area (Å²) in [5, 5.41) is 0.952. The lowest BCUT2D eigenvalue weighted by atomic mass is 9.86. The number of likely N-dealkylation sites (tertiary alicyclic amines) is 1. The number of ether oxygens (including phenoxy) is 1. The van der Waals surface area contributed by atoms with E-state index in [0.717, 1.165) is 11.1 Å². The number of amides is 2. The molecule has 0 N–H and O–H groups in total. The van der Waals surface area contributed by atoms with E-state index in [9.17, 15) is 13.2 Å². The number of nitrogens with zero attached hydrogens (tertiary/aromatic N) is 4. The molecule has 8 nitrogen and oxygen atoms in total. The number of rotatable bonds is 5. The van der Waals surface area contributed by atoms with E-state index in [0.29, 0.717) is 55.2 Å². The van der Waals surface area contributed by atoms with Gasteiger partial charge in [-0.2, -0.15) is 4.31 Å². The average Bonchev–Trinajstić information content (AvgIpc) is 3.27. The zero-order chi connectivity index (χ0) is 25.3. The molecule has 11 heteroatoms. The van der Waals surface area contributed by atoms with Gasteiger partial charge in [-0.05, 0) is 37.1 Å². The van der Waals surface area contributed by atoms with Gasteiger partial charge in [-0.3, -0.25) is 0 Å². The smallest absolute Gasteiger partial charge is 0.320 e. The van der Waals surface area contributed by atoms with Gasteiger partial charge in [0.05, 0.1) is 16.3 Å². The number of hydrogen-bond acceptors (Lipinski definition) is 5. The molecule has 190 valence electrons. The Hall–Kier alpha value is -2.07. The second kappa shape index (κ2) is 10.5. The maximum atomic E-state index is 13.4.